The van der Waals surface area contributed by atoms with Crippen molar-refractivity contribution in [3.63, 3.8) is 0 Å². The molecule has 0 spiro atoms. The Kier molecular flexibility index (Phi) is 7.83. The van der Waals surface area contributed by atoms with Crippen molar-refractivity contribution in [2.45, 2.75) is 49.7 Å². The van der Waals surface area contributed by atoms with Crippen molar-refractivity contribution in [2.24, 2.45) is 4.99 Å². The van der Waals surface area contributed by atoms with Gasteiger partial charge in [-0.1, -0.05) is 17.7 Å². The maximum atomic E-state index is 16.9. The monoisotopic (exact) mass is 718 g/mol. The molecule has 2 fully saturated rings. The second-order valence-corrected chi connectivity index (χ2v) is 13.3. The van der Waals surface area contributed by atoms with Crippen LogP contribution in [0.5, 0.6) is 5.75 Å². The highest BCUT2D eigenvalue weighted by molar-refractivity contribution is 7.23. The minimum absolute atomic E-state index is 0.101. The van der Waals surface area contributed by atoms with E-state index in [1.165, 1.54) is 0 Å². The highest BCUT2D eigenvalue weighted by atomic mass is 35.5. The average Bonchev–Trinajstić information content (AvgIpc) is 3.62. The summed E-state index contributed by atoms with van der Waals surface area (Å²) in [5.74, 6) is -4.19. The molecule has 4 aliphatic heterocycles. The van der Waals surface area contributed by atoms with E-state index in [1.807, 2.05) is 11.0 Å². The van der Waals surface area contributed by atoms with Gasteiger partial charge in [-0.2, -0.15) is 18.4 Å². The van der Waals surface area contributed by atoms with E-state index in [2.05, 4.69) is 10.3 Å². The first-order valence-electron chi connectivity index (χ1n) is 14.6. The Bertz CT molecular complexity index is 1940. The molecule has 5 heterocycles. The van der Waals surface area contributed by atoms with Crippen LogP contribution in [0.3, 0.4) is 0 Å². The average molecular weight is 719 g/mol. The number of nitrogen functional groups attached to an aromatic ring is 1. The Labute approximate surface area is 275 Å². The number of hydrogen-bond acceptors (Lipinski definition) is 9. The van der Waals surface area contributed by atoms with E-state index in [-0.39, 0.29) is 45.8 Å². The molecule has 3 atom stereocenters. The summed E-state index contributed by atoms with van der Waals surface area (Å²) in [5.41, 5.74) is 3.10. The maximum Gasteiger partial charge on any atom is 0.429 e. The van der Waals surface area contributed by atoms with Gasteiger partial charge in [0.25, 0.3) is 6.43 Å². The maximum absolute atomic E-state index is 16.9. The Hall–Kier alpha value is -4.01. The summed E-state index contributed by atoms with van der Waals surface area (Å²) in [6.45, 7) is -0.633. The molecule has 8 nitrogen and oxygen atoms in total. The van der Waals surface area contributed by atoms with E-state index in [9.17, 15) is 36.0 Å². The van der Waals surface area contributed by atoms with Crippen LogP contribution in [0.15, 0.2) is 29.3 Å². The van der Waals surface area contributed by atoms with Crippen LogP contribution in [0.1, 0.15) is 30.4 Å². The topological polar surface area (TPSA) is 99.1 Å². The molecule has 48 heavy (non-hydrogen) atoms. The Balaban J connectivity index is 1.44. The van der Waals surface area contributed by atoms with Gasteiger partial charge in [-0.25, -0.2) is 26.9 Å². The molecule has 3 N–H and O–H groups in total. The van der Waals surface area contributed by atoms with Gasteiger partial charge in [-0.15, -0.1) is 11.3 Å². The number of benzene rings is 2. The minimum atomic E-state index is -5.08. The molecule has 2 aromatic carbocycles. The van der Waals surface area contributed by atoms with Gasteiger partial charge in [0.15, 0.2) is 11.6 Å². The van der Waals surface area contributed by atoms with Crippen molar-refractivity contribution in [2.75, 3.05) is 37.3 Å². The molecule has 2 saturated heterocycles. The number of hydrogen-bond donors (Lipinski definition) is 2. The highest BCUT2D eigenvalue weighted by Gasteiger charge is 2.50. The summed E-state index contributed by atoms with van der Waals surface area (Å²) in [4.78, 5) is 6.19. The number of fused-ring (bicyclic) bond motifs is 2. The van der Waals surface area contributed by atoms with Gasteiger partial charge in [0, 0.05) is 23.9 Å². The number of alkyl halides is 6. The van der Waals surface area contributed by atoms with Crippen molar-refractivity contribution in [3.05, 3.63) is 52.1 Å². The molecule has 0 saturated carbocycles. The Morgan fingerprint density at radius 3 is 2.75 bits per heavy atom. The first-order valence-corrected chi connectivity index (χ1v) is 15.8. The molecule has 0 amide bonds. The summed E-state index contributed by atoms with van der Waals surface area (Å²) < 4.78 is 128. The molecule has 1 unspecified atom stereocenters. The van der Waals surface area contributed by atoms with Crippen LogP contribution in [-0.4, -0.2) is 72.4 Å². The van der Waals surface area contributed by atoms with Crippen molar-refractivity contribution in [1.29, 1.82) is 5.26 Å². The Morgan fingerprint density at radius 2 is 2.04 bits per heavy atom. The number of rotatable bonds is 6. The quantitative estimate of drug-likeness (QED) is 0.257. The number of halogens is 9. The molecule has 1 aromatic heterocycles. The lowest BCUT2D eigenvalue weighted by molar-refractivity contribution is -0.140. The van der Waals surface area contributed by atoms with E-state index < -0.39 is 88.0 Å². The number of nitrogens with zero attached hydrogens (tertiary/aromatic N) is 4. The van der Waals surface area contributed by atoms with Crippen LogP contribution in [0.4, 0.5) is 45.8 Å². The Morgan fingerprint density at radius 1 is 1.27 bits per heavy atom. The van der Waals surface area contributed by atoms with Crippen LogP contribution in [0.2, 0.25) is 5.02 Å². The lowest BCUT2D eigenvalue weighted by atomic mass is 9.94. The summed E-state index contributed by atoms with van der Waals surface area (Å²) >= 11 is 7.37. The third kappa shape index (κ3) is 5.15. The first kappa shape index (κ1) is 32.5. The fourth-order valence-corrected chi connectivity index (χ4v) is 8.19. The number of anilines is 2. The van der Waals surface area contributed by atoms with Crippen molar-refractivity contribution < 1.29 is 44.6 Å². The number of aliphatic imine (C=N–C) groups is 1. The molecular formula is C30H23ClF8N6O2S. The van der Waals surface area contributed by atoms with Crippen molar-refractivity contribution >= 4 is 49.5 Å². The SMILES string of the molecule is N#Cc1c(N)sc2c(F)ccc(-c3c(F)c4c5c(c3Cl)NC(C(F)(F)F)N=C5N(CC(F)F)C=C(OC[C@@]35CCCN3C[C@H](F)C5)O4)c12. The molecule has 3 aromatic rings. The normalized spacial score (nSPS) is 23.6. The van der Waals surface area contributed by atoms with E-state index in [4.69, 9.17) is 26.8 Å². The van der Waals surface area contributed by atoms with Gasteiger partial charge < -0.3 is 25.4 Å². The smallest absolute Gasteiger partial charge is 0.429 e. The zero-order valence-electron chi connectivity index (χ0n) is 24.4. The predicted molar refractivity (Wildman–Crippen MR) is 162 cm³/mol. The van der Waals surface area contributed by atoms with Gasteiger partial charge in [0.05, 0.1) is 44.8 Å². The van der Waals surface area contributed by atoms with E-state index in [1.54, 1.807) is 0 Å². The molecule has 254 valence electrons. The zero-order chi connectivity index (χ0) is 34.3. The second kappa shape index (κ2) is 11.6. The summed E-state index contributed by atoms with van der Waals surface area (Å²) in [7, 11) is 0. The van der Waals surface area contributed by atoms with Crippen LogP contribution in [0.25, 0.3) is 21.2 Å². The highest BCUT2D eigenvalue weighted by Crippen LogP contribution is 2.52. The minimum Gasteiger partial charge on any atom is -0.462 e. The number of ether oxygens (including phenoxy) is 2. The number of nitriles is 1. The van der Waals surface area contributed by atoms with Crippen molar-refractivity contribution in [1.82, 2.24) is 9.80 Å². The lowest BCUT2D eigenvalue weighted by Crippen LogP contribution is -2.43. The number of thiophene rings is 1. The third-order valence-electron chi connectivity index (χ3n) is 8.91. The van der Waals surface area contributed by atoms with Gasteiger partial charge in [0.1, 0.15) is 35.5 Å². The fourth-order valence-electron chi connectivity index (χ4n) is 6.91. The molecule has 0 aliphatic carbocycles. The van der Waals surface area contributed by atoms with E-state index in [0.29, 0.717) is 29.2 Å². The molecule has 0 radical (unpaired) electrons. The van der Waals surface area contributed by atoms with Gasteiger partial charge in [-0.05, 0) is 31.0 Å². The van der Waals surface area contributed by atoms with Crippen molar-refractivity contribution in [3.8, 4) is 22.9 Å². The fraction of sp³-hybridized carbons (Fsp3) is 0.400. The summed E-state index contributed by atoms with van der Waals surface area (Å²) in [6.07, 6.45) is -9.80. The lowest BCUT2D eigenvalue weighted by Gasteiger charge is -2.32. The van der Waals surface area contributed by atoms with E-state index in [0.717, 1.165) is 24.8 Å². The molecule has 7 rings (SSSR count). The molecular weight excluding hydrogens is 696 g/mol. The molecule has 0 bridgehead atoms. The number of nitrogens with one attached hydrogen (secondary N) is 1. The van der Waals surface area contributed by atoms with Crippen LogP contribution in [-0.2, 0) is 4.74 Å². The largest absolute Gasteiger partial charge is 0.462 e. The zero-order valence-corrected chi connectivity index (χ0v) is 26.0. The van der Waals surface area contributed by atoms with Crippen LogP contribution < -0.4 is 15.8 Å². The standard InChI is InChI=1S/C30H23ClF8N6O2S/c31-21-19(13-2-3-15(33)25-18(13)14(7-40)26(41)48-25)22(36)24-20-23(21)42-28(30(37,38)39)43-27(20)44(9-16(34)35)10-17(47-24)46-11-29-4-1-5-45(29)8-12(32)6-29/h2-3,10,12,16,28,42H,1,4-6,8-9,11,41H2/t12-,28?,29+/m1/s1. The van der Waals surface area contributed by atoms with Crippen LogP contribution >= 0.6 is 22.9 Å². The number of nitrogens with two attached hydrogens (primary N) is 1. The molecule has 4 aliphatic rings. The molecule has 18 heteroatoms. The first-order chi connectivity index (χ1) is 22.7. The predicted octanol–water partition coefficient (Wildman–Crippen LogP) is 7.37. The van der Waals surface area contributed by atoms with Crippen LogP contribution in [0, 0.1) is 23.0 Å². The van der Waals surface area contributed by atoms with Gasteiger partial charge in [0.2, 0.25) is 6.17 Å². The number of amidine groups is 1. The summed E-state index contributed by atoms with van der Waals surface area (Å²) in [6, 6.07) is 3.87. The van der Waals surface area contributed by atoms with E-state index >= 15 is 4.39 Å². The van der Waals surface area contributed by atoms with Gasteiger partial charge in [-0.3, -0.25) is 4.90 Å². The van der Waals surface area contributed by atoms with Gasteiger partial charge >= 0.3 is 12.1 Å². The summed E-state index contributed by atoms with van der Waals surface area (Å²) in [5, 5.41) is 11.0. The second-order valence-electron chi connectivity index (χ2n) is 11.8. The third-order valence-corrected chi connectivity index (χ3v) is 10.3.